The van der Waals surface area contributed by atoms with Gasteiger partial charge in [-0.2, -0.15) is 0 Å². The number of hydrogen-bond donors (Lipinski definition) is 2. The molecule has 1 aromatic heterocycles. The minimum atomic E-state index is -0.548. The average molecular weight is 271 g/mol. The van der Waals surface area contributed by atoms with E-state index in [2.05, 4.69) is 19.9 Å². The first-order chi connectivity index (χ1) is 8.61. The van der Waals surface area contributed by atoms with Gasteiger partial charge < -0.3 is 0 Å². The van der Waals surface area contributed by atoms with Crippen LogP contribution in [0.5, 0.6) is 0 Å². The summed E-state index contributed by atoms with van der Waals surface area (Å²) in [5.74, 6) is -0.523. The Morgan fingerprint density at radius 2 is 2.28 bits per heavy atom. The van der Waals surface area contributed by atoms with Crippen LogP contribution in [0.1, 0.15) is 11.4 Å². The molecule has 1 heterocycles. The summed E-state index contributed by atoms with van der Waals surface area (Å²) < 4.78 is 17.5. The molecule has 2 aromatic rings. The summed E-state index contributed by atoms with van der Waals surface area (Å²) in [5, 5.41) is 16.1. The summed E-state index contributed by atoms with van der Waals surface area (Å²) in [4.78, 5) is 4.02. The van der Waals surface area contributed by atoms with Crippen LogP contribution in [0, 0.1) is 12.7 Å². The highest BCUT2D eigenvalue weighted by atomic mass is 35.5. The van der Waals surface area contributed by atoms with E-state index in [0.29, 0.717) is 11.4 Å². The average Bonchev–Trinajstić information content (AvgIpc) is 2.77. The van der Waals surface area contributed by atoms with Gasteiger partial charge in [-0.3, -0.25) is 10.7 Å². The van der Waals surface area contributed by atoms with Crippen LogP contribution in [0.2, 0.25) is 5.02 Å². The molecule has 0 radical (unpaired) electrons. The number of benzene rings is 1. The molecule has 8 heteroatoms. The molecule has 0 atom stereocenters. The number of nitrogens with zero attached hydrogens (tertiary/aromatic N) is 3. The topological polar surface area (TPSA) is 83.5 Å². The van der Waals surface area contributed by atoms with Crippen molar-refractivity contribution in [1.29, 1.82) is 0 Å². The largest absolute Gasteiger partial charge is 0.290 e. The number of hydroxylamine groups is 1. The Kier molecular flexibility index (Phi) is 3.54. The number of aryl methyl sites for hydroxylation is 1. The van der Waals surface area contributed by atoms with Crippen LogP contribution in [-0.4, -0.2) is 21.4 Å². The molecule has 0 aliphatic carbocycles. The van der Waals surface area contributed by atoms with E-state index in [0.717, 1.165) is 0 Å². The molecule has 0 aliphatic rings. The van der Waals surface area contributed by atoms with Gasteiger partial charge in [0.2, 0.25) is 0 Å². The molecule has 2 N–H and O–H groups in total. The third-order valence-corrected chi connectivity index (χ3v) is 2.42. The maximum absolute atomic E-state index is 13.0. The van der Waals surface area contributed by atoms with Gasteiger partial charge in [0, 0.05) is 0 Å². The Morgan fingerprint density at radius 3 is 2.83 bits per heavy atom. The van der Waals surface area contributed by atoms with Crippen molar-refractivity contribution in [1.82, 2.24) is 15.8 Å². The smallest absolute Gasteiger partial charge is 0.181 e. The third kappa shape index (κ3) is 2.47. The van der Waals surface area contributed by atoms with Crippen molar-refractivity contribution in [3.8, 4) is 0 Å². The summed E-state index contributed by atoms with van der Waals surface area (Å²) in [6, 6.07) is 3.89. The van der Waals surface area contributed by atoms with Crippen LogP contribution in [0.3, 0.4) is 0 Å². The number of hydrogen-bond acceptors (Lipinski definition) is 5. The van der Waals surface area contributed by atoms with Crippen molar-refractivity contribution in [2.45, 2.75) is 6.92 Å². The van der Waals surface area contributed by atoms with Crippen LogP contribution in [0.4, 0.5) is 10.1 Å². The van der Waals surface area contributed by atoms with Crippen molar-refractivity contribution in [2.75, 3.05) is 0 Å². The Labute approximate surface area is 106 Å². The fourth-order valence-electron chi connectivity index (χ4n) is 1.26. The van der Waals surface area contributed by atoms with Crippen LogP contribution in [-0.2, 0) is 0 Å². The lowest BCUT2D eigenvalue weighted by Gasteiger charge is -2.02. The van der Waals surface area contributed by atoms with Crippen molar-refractivity contribution in [3.63, 3.8) is 0 Å². The van der Waals surface area contributed by atoms with Gasteiger partial charge in [-0.15, -0.1) is 0 Å². The molecule has 94 valence electrons. The summed E-state index contributed by atoms with van der Waals surface area (Å²) in [6.07, 6.45) is 0. The predicted molar refractivity (Wildman–Crippen MR) is 61.6 cm³/mol. The molecule has 0 saturated carbocycles. The van der Waals surface area contributed by atoms with Crippen LogP contribution >= 0.6 is 11.6 Å². The highest BCUT2D eigenvalue weighted by Gasteiger charge is 2.12. The number of aliphatic imine (C=N–C) groups is 1. The Balaban J connectivity index is 2.41. The molecule has 0 bridgehead atoms. The first kappa shape index (κ1) is 12.5. The number of rotatable bonds is 2. The highest BCUT2D eigenvalue weighted by Crippen LogP contribution is 2.22. The second-order valence-corrected chi connectivity index (χ2v) is 3.78. The Morgan fingerprint density at radius 1 is 1.50 bits per heavy atom. The molecule has 0 amide bonds. The molecule has 0 aliphatic heterocycles. The van der Waals surface area contributed by atoms with E-state index in [-0.39, 0.29) is 16.6 Å². The van der Waals surface area contributed by atoms with Crippen LogP contribution in [0.25, 0.3) is 0 Å². The minimum Gasteiger partial charge on any atom is -0.290 e. The number of nitrogens with one attached hydrogen (secondary N) is 1. The van der Waals surface area contributed by atoms with Crippen molar-refractivity contribution in [2.24, 2.45) is 4.99 Å². The zero-order valence-corrected chi connectivity index (χ0v) is 9.94. The first-order valence-electron chi connectivity index (χ1n) is 4.85. The fourth-order valence-corrected chi connectivity index (χ4v) is 1.44. The standard InChI is InChI=1S/C10H8ClFN4O2/c1-5-9(16-18-15-5)10(14-17)13-6-2-3-8(12)7(11)4-6/h2-4,17H,1H3,(H,13,14). The molecular weight excluding hydrogens is 263 g/mol. The van der Waals surface area contributed by atoms with Crippen molar-refractivity contribution in [3.05, 3.63) is 40.4 Å². The van der Waals surface area contributed by atoms with Gasteiger partial charge in [0.15, 0.2) is 11.5 Å². The second-order valence-electron chi connectivity index (χ2n) is 3.37. The number of halogens is 2. The van der Waals surface area contributed by atoms with Gasteiger partial charge in [-0.25, -0.2) is 14.0 Å². The molecule has 0 unspecified atom stereocenters. The zero-order chi connectivity index (χ0) is 13.1. The molecule has 0 fully saturated rings. The Hall–Kier alpha value is -1.99. The third-order valence-electron chi connectivity index (χ3n) is 2.13. The van der Waals surface area contributed by atoms with Gasteiger partial charge in [0.1, 0.15) is 11.5 Å². The molecule has 18 heavy (non-hydrogen) atoms. The van der Waals surface area contributed by atoms with Crippen LogP contribution < -0.4 is 5.48 Å². The molecule has 6 nitrogen and oxygen atoms in total. The second kappa shape index (κ2) is 5.11. The summed E-state index contributed by atoms with van der Waals surface area (Å²) in [7, 11) is 0. The summed E-state index contributed by atoms with van der Waals surface area (Å²) >= 11 is 5.62. The molecule has 0 saturated heterocycles. The van der Waals surface area contributed by atoms with E-state index in [1.807, 2.05) is 5.48 Å². The lowest BCUT2D eigenvalue weighted by molar-refractivity contribution is 0.234. The molecule has 0 spiro atoms. The van der Waals surface area contributed by atoms with Crippen LogP contribution in [0.15, 0.2) is 27.8 Å². The monoisotopic (exact) mass is 270 g/mol. The quantitative estimate of drug-likeness (QED) is 0.497. The number of aromatic nitrogens is 2. The van der Waals surface area contributed by atoms with E-state index >= 15 is 0 Å². The molecular formula is C10H8ClFN4O2. The SMILES string of the molecule is Cc1nonc1C(=Nc1ccc(F)c(Cl)c1)NO. The van der Waals surface area contributed by atoms with Gasteiger partial charge >= 0.3 is 0 Å². The maximum atomic E-state index is 13.0. The van der Waals surface area contributed by atoms with Gasteiger partial charge in [-0.05, 0) is 30.3 Å². The lowest BCUT2D eigenvalue weighted by Crippen LogP contribution is -2.21. The summed E-state index contributed by atoms with van der Waals surface area (Å²) in [6.45, 7) is 1.64. The normalized spacial score (nSPS) is 11.7. The minimum absolute atomic E-state index is 0.0245. The maximum Gasteiger partial charge on any atom is 0.181 e. The van der Waals surface area contributed by atoms with Gasteiger partial charge in [-0.1, -0.05) is 16.8 Å². The fraction of sp³-hybridized carbons (Fsp3) is 0.100. The molecule has 1 aromatic carbocycles. The Bertz CT molecular complexity index is 599. The highest BCUT2D eigenvalue weighted by molar-refractivity contribution is 6.31. The van der Waals surface area contributed by atoms with Crippen molar-refractivity contribution >= 4 is 23.1 Å². The van der Waals surface area contributed by atoms with Crippen molar-refractivity contribution < 1.29 is 14.2 Å². The van der Waals surface area contributed by atoms with Gasteiger partial charge in [0.25, 0.3) is 0 Å². The number of amidine groups is 1. The lowest BCUT2D eigenvalue weighted by atomic mass is 10.3. The summed E-state index contributed by atoms with van der Waals surface area (Å²) in [5.41, 5.74) is 2.92. The van der Waals surface area contributed by atoms with E-state index in [1.165, 1.54) is 18.2 Å². The van der Waals surface area contributed by atoms with E-state index < -0.39 is 5.82 Å². The van der Waals surface area contributed by atoms with E-state index in [1.54, 1.807) is 6.92 Å². The van der Waals surface area contributed by atoms with E-state index in [9.17, 15) is 4.39 Å². The predicted octanol–water partition coefficient (Wildman–Crippen LogP) is 2.23. The zero-order valence-electron chi connectivity index (χ0n) is 9.19. The van der Waals surface area contributed by atoms with E-state index in [4.69, 9.17) is 16.8 Å². The first-order valence-corrected chi connectivity index (χ1v) is 5.23. The molecule has 2 rings (SSSR count). The van der Waals surface area contributed by atoms with Gasteiger partial charge in [0.05, 0.1) is 10.7 Å².